The molecule has 8 fully saturated rings. The van der Waals surface area contributed by atoms with E-state index in [4.69, 9.17) is 9.47 Å². The van der Waals surface area contributed by atoms with Gasteiger partial charge in [0.15, 0.2) is 23.4 Å². The summed E-state index contributed by atoms with van der Waals surface area (Å²) < 4.78 is 13.7. The van der Waals surface area contributed by atoms with Crippen molar-refractivity contribution in [2.24, 2.45) is 23.7 Å². The van der Waals surface area contributed by atoms with Crippen LogP contribution in [0.5, 0.6) is 0 Å². The van der Waals surface area contributed by atoms with Crippen LogP contribution in [0, 0.1) is 23.7 Å². The van der Waals surface area contributed by atoms with Gasteiger partial charge in [-0.1, -0.05) is 37.8 Å². The SMILES string of the molecule is O=C(O[C@H]1C[N+]2(CCO)CCC1CC2)[C@](O)(c1cccs1)C1CCCC1.O=C(O[C@H]1C[N+]2(CCO)CCC1CC2)[C@](O)(c1cccs1)C1CCCC1.[Br-].[Br-]. The summed E-state index contributed by atoms with van der Waals surface area (Å²) in [4.78, 5) is 27.9. The molecule has 8 heterocycles. The molecule has 10 rings (SSSR count). The second-order valence-corrected chi connectivity index (χ2v) is 18.7. The third-order valence-electron chi connectivity index (χ3n) is 14.1. The van der Waals surface area contributed by atoms with Gasteiger partial charge < -0.3 is 72.8 Å². The molecule has 2 aromatic heterocycles. The molecular weight excluding hydrogens is 860 g/mol. The maximum atomic E-state index is 13.2. The van der Waals surface area contributed by atoms with Crippen LogP contribution < -0.4 is 34.0 Å². The molecule has 0 aromatic carbocycles. The summed E-state index contributed by atoms with van der Waals surface area (Å²) in [6.45, 7) is 7.64. The van der Waals surface area contributed by atoms with E-state index in [-0.39, 0.29) is 71.2 Å². The number of carbonyl (C=O) groups is 2. The molecule has 4 N–H and O–H groups in total. The van der Waals surface area contributed by atoms with Gasteiger partial charge in [-0.15, -0.1) is 22.7 Å². The number of hydrogen-bond acceptors (Lipinski definition) is 10. The number of ether oxygens (including phenoxy) is 2. The highest BCUT2D eigenvalue weighted by Crippen LogP contribution is 2.46. The van der Waals surface area contributed by atoms with Gasteiger partial charge in [0.2, 0.25) is 0 Å². The summed E-state index contributed by atoms with van der Waals surface area (Å²) in [6.07, 6.45) is 11.7. The zero-order valence-electron chi connectivity index (χ0n) is 31.4. The Hall–Kier alpha value is -0.940. The summed E-state index contributed by atoms with van der Waals surface area (Å²) in [6, 6.07) is 7.51. The van der Waals surface area contributed by atoms with Gasteiger partial charge in [-0.25, -0.2) is 9.59 Å². The van der Waals surface area contributed by atoms with Crippen molar-refractivity contribution >= 4 is 34.6 Å². The van der Waals surface area contributed by atoms with E-state index in [2.05, 4.69) is 0 Å². The third-order valence-corrected chi connectivity index (χ3v) is 16.0. The number of halogens is 2. The third kappa shape index (κ3) is 8.73. The number of carbonyl (C=O) groups excluding carboxylic acids is 2. The standard InChI is InChI=1S/2C20H30NO4S.2BrH/c2*22-12-11-21-9-7-15(8-10-21)17(14-21)25-19(23)20(24,16-4-1-2-5-16)18-6-3-13-26-18;;/h2*3,6,13,15-17,22,24H,1-2,4-5,7-12,14H2;2*1H/q2*+1;;/p-2/t2*15?,17-,20+,21?;;/m00../s1. The summed E-state index contributed by atoms with van der Waals surface area (Å²) in [5.74, 6) is -0.200. The van der Waals surface area contributed by atoms with Crippen molar-refractivity contribution < 1.29 is 82.4 Å². The van der Waals surface area contributed by atoms with Gasteiger partial charge >= 0.3 is 11.9 Å². The molecule has 14 heteroatoms. The Labute approximate surface area is 349 Å². The molecule has 0 radical (unpaired) electrons. The molecule has 4 bridgehead atoms. The number of fused-ring (bicyclic) bond motifs is 6. The molecular formula is C40H60Br2N2O8S2. The minimum absolute atomic E-state index is 0. The average molecular weight is 921 g/mol. The highest BCUT2D eigenvalue weighted by atomic mass is 79.9. The molecule has 2 saturated carbocycles. The molecule has 4 atom stereocenters. The molecule has 0 amide bonds. The van der Waals surface area contributed by atoms with E-state index in [0.29, 0.717) is 11.8 Å². The van der Waals surface area contributed by atoms with Crippen LogP contribution in [0.1, 0.15) is 86.8 Å². The summed E-state index contributed by atoms with van der Waals surface area (Å²) in [5.41, 5.74) is -3.00. The van der Waals surface area contributed by atoms with E-state index in [1.54, 1.807) is 0 Å². The van der Waals surface area contributed by atoms with Gasteiger partial charge in [0.1, 0.15) is 26.2 Å². The Balaban J connectivity index is 0.000000200. The van der Waals surface area contributed by atoms with Crippen molar-refractivity contribution in [3.63, 3.8) is 0 Å². The van der Waals surface area contributed by atoms with Gasteiger partial charge in [0.25, 0.3) is 0 Å². The van der Waals surface area contributed by atoms with Crippen molar-refractivity contribution in [2.45, 2.75) is 100 Å². The number of rotatable bonds is 12. The predicted octanol–water partition coefficient (Wildman–Crippen LogP) is -1.45. The second kappa shape index (κ2) is 18.8. The summed E-state index contributed by atoms with van der Waals surface area (Å²) in [5, 5.41) is 45.7. The maximum absolute atomic E-state index is 13.2. The quantitative estimate of drug-likeness (QED) is 0.150. The molecule has 2 aromatic rings. The van der Waals surface area contributed by atoms with Gasteiger partial charge in [-0.3, -0.25) is 0 Å². The first kappa shape index (κ1) is 44.2. The van der Waals surface area contributed by atoms with E-state index < -0.39 is 23.1 Å². The van der Waals surface area contributed by atoms with Crippen molar-refractivity contribution in [1.82, 2.24) is 0 Å². The number of piperidine rings is 6. The molecule has 2 aliphatic carbocycles. The number of aliphatic hydroxyl groups excluding tert-OH is 2. The number of hydrogen-bond donors (Lipinski definition) is 4. The highest BCUT2D eigenvalue weighted by Gasteiger charge is 2.54. The number of quaternary nitrogens is 2. The average Bonchev–Trinajstić information content (AvgIpc) is 4.00. The van der Waals surface area contributed by atoms with Gasteiger partial charge in [-0.2, -0.15) is 0 Å². The molecule has 0 spiro atoms. The van der Waals surface area contributed by atoms with Gasteiger partial charge in [0, 0.05) is 59.1 Å². The number of aliphatic hydroxyl groups is 4. The zero-order valence-corrected chi connectivity index (χ0v) is 36.2. The highest BCUT2D eigenvalue weighted by molar-refractivity contribution is 7.10. The number of esters is 2. The fourth-order valence-corrected chi connectivity index (χ4v) is 12.6. The Morgan fingerprint density at radius 1 is 0.630 bits per heavy atom. The normalized spacial score (nSPS) is 32.7. The number of thiophene rings is 2. The molecule has 10 nitrogen and oxygen atoms in total. The summed E-state index contributed by atoms with van der Waals surface area (Å²) >= 11 is 2.88. The van der Waals surface area contributed by atoms with Crippen molar-refractivity contribution in [1.29, 1.82) is 0 Å². The van der Waals surface area contributed by atoms with Gasteiger partial charge in [-0.05, 0) is 48.6 Å². The molecule has 6 saturated heterocycles. The fourth-order valence-electron chi connectivity index (χ4n) is 10.8. The monoisotopic (exact) mass is 918 g/mol. The van der Waals surface area contributed by atoms with E-state index in [1.807, 2.05) is 35.0 Å². The molecule has 54 heavy (non-hydrogen) atoms. The van der Waals surface area contributed by atoms with E-state index >= 15 is 0 Å². The van der Waals surface area contributed by atoms with Gasteiger partial charge in [0.05, 0.1) is 39.4 Å². The molecule has 8 aliphatic rings. The van der Waals surface area contributed by atoms with Crippen LogP contribution in [0.3, 0.4) is 0 Å². The Morgan fingerprint density at radius 3 is 1.28 bits per heavy atom. The van der Waals surface area contributed by atoms with Crippen molar-refractivity contribution in [3.8, 4) is 0 Å². The second-order valence-electron chi connectivity index (χ2n) is 16.8. The minimum Gasteiger partial charge on any atom is -1.00 e. The zero-order chi connectivity index (χ0) is 36.4. The maximum Gasteiger partial charge on any atom is 0.344 e. The van der Waals surface area contributed by atoms with Crippen LogP contribution in [-0.2, 0) is 30.3 Å². The Kier molecular flexibility index (Phi) is 15.3. The van der Waals surface area contributed by atoms with E-state index in [1.165, 1.54) is 22.7 Å². The molecule has 0 unspecified atom stereocenters. The van der Waals surface area contributed by atoms with Crippen LogP contribution in [0.15, 0.2) is 35.0 Å². The molecule has 6 aliphatic heterocycles. The molecule has 304 valence electrons. The van der Waals surface area contributed by atoms with Crippen LogP contribution in [0.4, 0.5) is 0 Å². The first-order valence-corrected chi connectivity index (χ1v) is 21.8. The lowest BCUT2D eigenvalue weighted by Gasteiger charge is -2.52. The minimum atomic E-state index is -1.50. The Bertz CT molecular complexity index is 1350. The van der Waals surface area contributed by atoms with E-state index in [9.17, 15) is 30.0 Å². The van der Waals surface area contributed by atoms with Crippen LogP contribution in [0.25, 0.3) is 0 Å². The Morgan fingerprint density at radius 2 is 0.981 bits per heavy atom. The summed E-state index contributed by atoms with van der Waals surface area (Å²) in [7, 11) is 0. The largest absolute Gasteiger partial charge is 1.00 e. The number of nitrogens with zero attached hydrogens (tertiary/aromatic N) is 2. The van der Waals surface area contributed by atoms with Crippen LogP contribution in [0.2, 0.25) is 0 Å². The van der Waals surface area contributed by atoms with Crippen molar-refractivity contribution in [3.05, 3.63) is 44.8 Å². The lowest BCUT2D eigenvalue weighted by atomic mass is 9.82. The van der Waals surface area contributed by atoms with Crippen LogP contribution >= 0.6 is 22.7 Å². The van der Waals surface area contributed by atoms with E-state index in [0.717, 1.165) is 148 Å². The first-order chi connectivity index (χ1) is 25.1. The smallest absolute Gasteiger partial charge is 0.344 e. The lowest BCUT2D eigenvalue weighted by Crippen LogP contribution is -3.00. The first-order valence-electron chi connectivity index (χ1n) is 20.0. The predicted molar refractivity (Wildman–Crippen MR) is 199 cm³/mol. The topological polar surface area (TPSA) is 134 Å². The van der Waals surface area contributed by atoms with Crippen molar-refractivity contribution in [2.75, 3.05) is 65.6 Å². The lowest BCUT2D eigenvalue weighted by molar-refractivity contribution is -0.946. The fraction of sp³-hybridized carbons (Fsp3) is 0.750. The van der Waals surface area contributed by atoms with Crippen LogP contribution in [-0.4, -0.2) is 119 Å².